The molecule has 140 valence electrons. The summed E-state index contributed by atoms with van der Waals surface area (Å²) in [5.74, 6) is -0.0735. The van der Waals surface area contributed by atoms with E-state index in [1.54, 1.807) is 24.8 Å². The van der Waals surface area contributed by atoms with Crippen LogP contribution in [-0.4, -0.2) is 78.5 Å². The normalized spacial score (nSPS) is 27.4. The Balaban J connectivity index is 1.70. The lowest BCUT2D eigenvalue weighted by atomic mass is 10.00. The van der Waals surface area contributed by atoms with E-state index in [-0.39, 0.29) is 30.2 Å². The first-order valence-corrected chi connectivity index (χ1v) is 10.3. The number of carbonyl (C=O) groups is 1. The molecular formula is C17H22N4O4S. The Labute approximate surface area is 152 Å². The third-order valence-electron chi connectivity index (χ3n) is 5.59. The summed E-state index contributed by atoms with van der Waals surface area (Å²) in [4.78, 5) is 21.1. The molecule has 0 unspecified atom stereocenters. The molecule has 4 rings (SSSR count). The van der Waals surface area contributed by atoms with Crippen LogP contribution >= 0.6 is 0 Å². The van der Waals surface area contributed by atoms with Crippen LogP contribution in [0.4, 0.5) is 0 Å². The molecular weight excluding hydrogens is 356 g/mol. The van der Waals surface area contributed by atoms with Crippen molar-refractivity contribution in [3.8, 4) is 0 Å². The van der Waals surface area contributed by atoms with Crippen LogP contribution in [0.25, 0.3) is 11.1 Å². The van der Waals surface area contributed by atoms with E-state index in [9.17, 15) is 13.2 Å². The summed E-state index contributed by atoms with van der Waals surface area (Å²) >= 11 is 0. The number of aryl methyl sites for hydroxylation is 2. The second kappa shape index (κ2) is 5.75. The lowest BCUT2D eigenvalue weighted by molar-refractivity contribution is 0.0781. The molecule has 2 aromatic rings. The molecule has 8 nitrogen and oxygen atoms in total. The van der Waals surface area contributed by atoms with Gasteiger partial charge in [0.15, 0.2) is 9.84 Å². The number of hydrogen-bond acceptors (Lipinski definition) is 7. The number of fused-ring (bicyclic) bond motifs is 2. The van der Waals surface area contributed by atoms with Crippen LogP contribution in [0.2, 0.25) is 0 Å². The Morgan fingerprint density at radius 1 is 1.31 bits per heavy atom. The van der Waals surface area contributed by atoms with E-state index < -0.39 is 15.1 Å². The van der Waals surface area contributed by atoms with Gasteiger partial charge in [-0.15, -0.1) is 0 Å². The van der Waals surface area contributed by atoms with Crippen molar-refractivity contribution >= 4 is 26.8 Å². The third-order valence-corrected chi connectivity index (χ3v) is 7.82. The van der Waals surface area contributed by atoms with Gasteiger partial charge in [0.05, 0.1) is 27.6 Å². The van der Waals surface area contributed by atoms with Gasteiger partial charge >= 0.3 is 0 Å². The van der Waals surface area contributed by atoms with Gasteiger partial charge in [-0.05, 0) is 34.0 Å². The van der Waals surface area contributed by atoms with Crippen molar-refractivity contribution in [2.24, 2.45) is 5.92 Å². The number of nitrogens with zero attached hydrogens (tertiary/aromatic N) is 4. The largest absolute Gasteiger partial charge is 0.337 e. The number of amides is 1. The first-order chi connectivity index (χ1) is 12.2. The summed E-state index contributed by atoms with van der Waals surface area (Å²) in [5.41, 5.74) is 2.08. The molecule has 2 fully saturated rings. The van der Waals surface area contributed by atoms with Crippen molar-refractivity contribution in [2.75, 3.05) is 32.9 Å². The lowest BCUT2D eigenvalue weighted by Crippen LogP contribution is -2.38. The minimum atomic E-state index is -3.19. The van der Waals surface area contributed by atoms with Gasteiger partial charge in [-0.2, -0.15) is 0 Å². The molecule has 9 heteroatoms. The predicted molar refractivity (Wildman–Crippen MR) is 95.7 cm³/mol. The number of aromatic nitrogens is 2. The van der Waals surface area contributed by atoms with Crippen molar-refractivity contribution < 1.29 is 17.7 Å². The van der Waals surface area contributed by atoms with Gasteiger partial charge in [0.1, 0.15) is 0 Å². The molecule has 0 spiro atoms. The Hall–Kier alpha value is -2.00. The lowest BCUT2D eigenvalue weighted by Gasteiger charge is -2.25. The molecule has 0 aromatic carbocycles. The standard InChI is InChI=1S/C17H22N4O4S/c1-9-5-11(15-10(2)19-25-16(15)18-9)17(22)21-6-12-13(20(3)4)8-26(23,24)14(12)7-21/h5,12-14H,6-8H2,1-4H3/t12-,13-,14-/m0/s1. The van der Waals surface area contributed by atoms with Crippen molar-refractivity contribution in [3.05, 3.63) is 23.0 Å². The molecule has 0 saturated carbocycles. The number of rotatable bonds is 2. The second-order valence-electron chi connectivity index (χ2n) is 7.53. The molecule has 2 saturated heterocycles. The summed E-state index contributed by atoms with van der Waals surface area (Å²) in [6.45, 7) is 4.24. The summed E-state index contributed by atoms with van der Waals surface area (Å²) in [6, 6.07) is 1.67. The molecule has 3 atom stereocenters. The van der Waals surface area contributed by atoms with Gasteiger partial charge in [0.25, 0.3) is 11.6 Å². The molecule has 0 N–H and O–H groups in total. The van der Waals surface area contributed by atoms with Crippen LogP contribution in [0.5, 0.6) is 0 Å². The van der Waals surface area contributed by atoms with E-state index in [4.69, 9.17) is 4.52 Å². The maximum absolute atomic E-state index is 13.2. The Morgan fingerprint density at radius 3 is 2.73 bits per heavy atom. The van der Waals surface area contributed by atoms with Crippen LogP contribution in [0, 0.1) is 19.8 Å². The van der Waals surface area contributed by atoms with Crippen LogP contribution in [0.3, 0.4) is 0 Å². The first kappa shape index (κ1) is 17.4. The molecule has 2 aromatic heterocycles. The topological polar surface area (TPSA) is 96.6 Å². The average Bonchev–Trinajstić information content (AvgIpc) is 3.21. The Bertz CT molecular complexity index is 998. The molecule has 2 aliphatic heterocycles. The second-order valence-corrected chi connectivity index (χ2v) is 9.80. The fourth-order valence-corrected chi connectivity index (χ4v) is 6.76. The van der Waals surface area contributed by atoms with E-state index in [0.717, 1.165) is 0 Å². The third kappa shape index (κ3) is 2.52. The molecule has 26 heavy (non-hydrogen) atoms. The minimum absolute atomic E-state index is 0.0547. The van der Waals surface area contributed by atoms with E-state index >= 15 is 0 Å². The van der Waals surface area contributed by atoms with Crippen LogP contribution in [-0.2, 0) is 9.84 Å². The van der Waals surface area contributed by atoms with E-state index in [0.29, 0.717) is 34.6 Å². The van der Waals surface area contributed by atoms with Crippen LogP contribution in [0.1, 0.15) is 21.7 Å². The summed E-state index contributed by atoms with van der Waals surface area (Å²) in [7, 11) is 0.591. The van der Waals surface area contributed by atoms with Gasteiger partial charge in [-0.1, -0.05) is 5.16 Å². The zero-order valence-electron chi connectivity index (χ0n) is 15.3. The highest BCUT2D eigenvalue weighted by atomic mass is 32.2. The number of pyridine rings is 1. The zero-order valence-corrected chi connectivity index (χ0v) is 16.1. The maximum Gasteiger partial charge on any atom is 0.258 e. The SMILES string of the molecule is Cc1cc(C(=O)N2C[C@H]3[C@@H](N(C)C)CS(=O)(=O)[C@H]3C2)c2c(C)noc2n1. The molecule has 0 aliphatic carbocycles. The Kier molecular flexibility index (Phi) is 3.85. The average molecular weight is 378 g/mol. The van der Waals surface area contributed by atoms with Gasteiger partial charge < -0.3 is 14.3 Å². The summed E-state index contributed by atoms with van der Waals surface area (Å²) in [5, 5.41) is 4.03. The molecule has 0 radical (unpaired) electrons. The number of sulfone groups is 1. The van der Waals surface area contributed by atoms with Crippen molar-refractivity contribution in [1.29, 1.82) is 0 Å². The molecule has 0 bridgehead atoms. The summed E-state index contributed by atoms with van der Waals surface area (Å²) in [6.07, 6.45) is 0. The van der Waals surface area contributed by atoms with E-state index in [2.05, 4.69) is 10.1 Å². The molecule has 2 aliphatic rings. The van der Waals surface area contributed by atoms with Crippen molar-refractivity contribution in [1.82, 2.24) is 19.9 Å². The number of hydrogen-bond donors (Lipinski definition) is 0. The smallest absolute Gasteiger partial charge is 0.258 e. The first-order valence-electron chi connectivity index (χ1n) is 8.60. The monoisotopic (exact) mass is 378 g/mol. The predicted octanol–water partition coefficient (Wildman–Crippen LogP) is 0.639. The van der Waals surface area contributed by atoms with Gasteiger partial charge in [-0.3, -0.25) is 4.79 Å². The van der Waals surface area contributed by atoms with E-state index in [1.165, 1.54) is 0 Å². The fourth-order valence-electron chi connectivity index (χ4n) is 4.29. The van der Waals surface area contributed by atoms with Crippen molar-refractivity contribution in [3.63, 3.8) is 0 Å². The molecule has 4 heterocycles. The van der Waals surface area contributed by atoms with E-state index in [1.807, 2.05) is 19.0 Å². The van der Waals surface area contributed by atoms with Crippen LogP contribution in [0.15, 0.2) is 10.6 Å². The van der Waals surface area contributed by atoms with Crippen molar-refractivity contribution in [2.45, 2.75) is 25.1 Å². The highest BCUT2D eigenvalue weighted by Crippen LogP contribution is 2.37. The van der Waals surface area contributed by atoms with Crippen LogP contribution < -0.4 is 0 Å². The highest BCUT2D eigenvalue weighted by Gasteiger charge is 2.53. The van der Waals surface area contributed by atoms with Gasteiger partial charge in [0, 0.05) is 30.7 Å². The maximum atomic E-state index is 13.2. The summed E-state index contributed by atoms with van der Waals surface area (Å²) < 4.78 is 30.3. The minimum Gasteiger partial charge on any atom is -0.337 e. The van der Waals surface area contributed by atoms with Gasteiger partial charge in [-0.25, -0.2) is 13.4 Å². The number of carbonyl (C=O) groups excluding carboxylic acids is 1. The fraction of sp³-hybridized carbons (Fsp3) is 0.588. The van der Waals surface area contributed by atoms with Gasteiger partial charge in [0.2, 0.25) is 0 Å². The molecule has 1 amide bonds. The Morgan fingerprint density at radius 2 is 2.04 bits per heavy atom. The number of likely N-dealkylation sites (tertiary alicyclic amines) is 1. The highest BCUT2D eigenvalue weighted by molar-refractivity contribution is 7.92. The quantitative estimate of drug-likeness (QED) is 0.756. The zero-order chi connectivity index (χ0) is 18.8.